The van der Waals surface area contributed by atoms with Gasteiger partial charge >= 0.3 is 0 Å². The van der Waals surface area contributed by atoms with Crippen molar-refractivity contribution < 1.29 is 9.18 Å². The Morgan fingerprint density at radius 3 is 2.72 bits per heavy atom. The number of aromatic amines is 1. The SMILES string of the molecule is CCC(Sc1nc2ccccc2c(=O)[nH]1)C(=O)Nc1ccccc1F. The van der Waals surface area contributed by atoms with Gasteiger partial charge in [0.1, 0.15) is 5.82 Å². The van der Waals surface area contributed by atoms with Gasteiger partial charge in [0.2, 0.25) is 5.91 Å². The number of aromatic nitrogens is 2. The highest BCUT2D eigenvalue weighted by Gasteiger charge is 2.20. The highest BCUT2D eigenvalue weighted by Crippen LogP contribution is 2.24. The highest BCUT2D eigenvalue weighted by molar-refractivity contribution is 8.00. The van der Waals surface area contributed by atoms with Gasteiger partial charge in [-0.25, -0.2) is 9.37 Å². The predicted octanol–water partition coefficient (Wildman–Crippen LogP) is 3.57. The van der Waals surface area contributed by atoms with Crippen LogP contribution in [-0.4, -0.2) is 21.1 Å². The molecule has 2 aromatic carbocycles. The summed E-state index contributed by atoms with van der Waals surface area (Å²) in [6, 6.07) is 13.0. The number of carbonyl (C=O) groups is 1. The topological polar surface area (TPSA) is 74.8 Å². The quantitative estimate of drug-likeness (QED) is 0.541. The van der Waals surface area contributed by atoms with E-state index in [0.717, 1.165) is 11.8 Å². The lowest BCUT2D eigenvalue weighted by molar-refractivity contribution is -0.115. The maximum absolute atomic E-state index is 13.7. The number of halogens is 1. The molecular weight excluding hydrogens is 341 g/mol. The third-order valence-electron chi connectivity index (χ3n) is 3.64. The van der Waals surface area contributed by atoms with Crippen LogP contribution in [0.4, 0.5) is 10.1 Å². The fraction of sp³-hybridized carbons (Fsp3) is 0.167. The first-order valence-corrected chi connectivity index (χ1v) is 8.67. The third-order valence-corrected chi connectivity index (χ3v) is 4.89. The summed E-state index contributed by atoms with van der Waals surface area (Å²) in [4.78, 5) is 31.6. The molecule has 1 heterocycles. The molecule has 5 nitrogen and oxygen atoms in total. The summed E-state index contributed by atoms with van der Waals surface area (Å²) in [5.74, 6) is -0.832. The van der Waals surface area contributed by atoms with Crippen molar-refractivity contribution in [2.45, 2.75) is 23.8 Å². The molecule has 3 aromatic rings. The Morgan fingerprint density at radius 2 is 1.96 bits per heavy atom. The predicted molar refractivity (Wildman–Crippen MR) is 97.3 cm³/mol. The molecule has 0 saturated carbocycles. The van der Waals surface area contributed by atoms with Crippen LogP contribution in [0, 0.1) is 5.82 Å². The van der Waals surface area contributed by atoms with E-state index in [9.17, 15) is 14.0 Å². The van der Waals surface area contributed by atoms with Gasteiger partial charge in [0, 0.05) is 0 Å². The number of rotatable bonds is 5. The molecule has 0 aliphatic carbocycles. The van der Waals surface area contributed by atoms with Crippen LogP contribution in [0.3, 0.4) is 0 Å². The summed E-state index contributed by atoms with van der Waals surface area (Å²) in [6.45, 7) is 1.84. The second-order valence-corrected chi connectivity index (χ2v) is 6.56. The van der Waals surface area contributed by atoms with Crippen molar-refractivity contribution in [2.75, 3.05) is 5.32 Å². The zero-order valence-corrected chi connectivity index (χ0v) is 14.3. The normalized spacial score (nSPS) is 12.1. The number of amides is 1. The first-order valence-electron chi connectivity index (χ1n) is 7.79. The van der Waals surface area contributed by atoms with E-state index in [1.807, 2.05) is 6.92 Å². The molecular formula is C18H16FN3O2S. The van der Waals surface area contributed by atoms with Gasteiger partial charge in [-0.1, -0.05) is 43.0 Å². The van der Waals surface area contributed by atoms with E-state index in [-0.39, 0.29) is 17.2 Å². The summed E-state index contributed by atoms with van der Waals surface area (Å²) >= 11 is 1.15. The molecule has 1 aromatic heterocycles. The molecule has 0 saturated heterocycles. The molecule has 3 rings (SSSR count). The number of thioether (sulfide) groups is 1. The van der Waals surface area contributed by atoms with Crippen LogP contribution in [0.15, 0.2) is 58.5 Å². The van der Waals surface area contributed by atoms with E-state index in [4.69, 9.17) is 0 Å². The minimum absolute atomic E-state index is 0.131. The van der Waals surface area contributed by atoms with Crippen LogP contribution < -0.4 is 10.9 Å². The van der Waals surface area contributed by atoms with Gasteiger partial charge < -0.3 is 10.3 Å². The zero-order chi connectivity index (χ0) is 17.8. The van der Waals surface area contributed by atoms with E-state index >= 15 is 0 Å². The Bertz CT molecular complexity index is 974. The number of nitrogens with one attached hydrogen (secondary N) is 2. The lowest BCUT2D eigenvalue weighted by Crippen LogP contribution is -2.25. The van der Waals surface area contributed by atoms with Gasteiger partial charge in [-0.2, -0.15) is 0 Å². The maximum Gasteiger partial charge on any atom is 0.259 e. The van der Waals surface area contributed by atoms with Crippen molar-refractivity contribution in [3.8, 4) is 0 Å². The van der Waals surface area contributed by atoms with E-state index in [1.54, 1.807) is 36.4 Å². The average molecular weight is 357 g/mol. The Kier molecular flexibility index (Phi) is 5.14. The van der Waals surface area contributed by atoms with Crippen molar-refractivity contribution in [3.05, 3.63) is 64.7 Å². The van der Waals surface area contributed by atoms with Gasteiger partial charge in [0.25, 0.3) is 5.56 Å². The second kappa shape index (κ2) is 7.48. The van der Waals surface area contributed by atoms with Crippen molar-refractivity contribution in [1.29, 1.82) is 0 Å². The number of H-pyrrole nitrogens is 1. The molecule has 0 spiro atoms. The monoisotopic (exact) mass is 357 g/mol. The van der Waals surface area contributed by atoms with Crippen molar-refractivity contribution in [1.82, 2.24) is 9.97 Å². The van der Waals surface area contributed by atoms with E-state index < -0.39 is 11.1 Å². The van der Waals surface area contributed by atoms with Crippen molar-refractivity contribution in [3.63, 3.8) is 0 Å². The number of para-hydroxylation sites is 2. The number of hydrogen-bond acceptors (Lipinski definition) is 4. The third kappa shape index (κ3) is 3.88. The molecule has 2 N–H and O–H groups in total. The molecule has 25 heavy (non-hydrogen) atoms. The lowest BCUT2D eigenvalue weighted by atomic mass is 10.2. The minimum atomic E-state index is -0.510. The van der Waals surface area contributed by atoms with Crippen LogP contribution in [-0.2, 0) is 4.79 Å². The molecule has 0 bridgehead atoms. The number of hydrogen-bond donors (Lipinski definition) is 2. The molecule has 1 atom stereocenters. The number of carbonyl (C=O) groups excluding carboxylic acids is 1. The van der Waals surface area contributed by atoms with Gasteiger partial charge in [-0.05, 0) is 30.7 Å². The van der Waals surface area contributed by atoms with Gasteiger partial charge in [0.15, 0.2) is 5.16 Å². The minimum Gasteiger partial charge on any atom is -0.323 e. The summed E-state index contributed by atoms with van der Waals surface area (Å²) in [7, 11) is 0. The molecule has 1 amide bonds. The molecule has 7 heteroatoms. The Hall–Kier alpha value is -2.67. The lowest BCUT2D eigenvalue weighted by Gasteiger charge is -2.14. The summed E-state index contributed by atoms with van der Waals surface area (Å²) < 4.78 is 13.7. The van der Waals surface area contributed by atoms with Gasteiger partial charge in [-0.15, -0.1) is 0 Å². The molecule has 0 radical (unpaired) electrons. The van der Waals surface area contributed by atoms with Gasteiger partial charge in [0.05, 0.1) is 21.8 Å². The number of benzene rings is 2. The average Bonchev–Trinajstić information content (AvgIpc) is 2.61. The van der Waals surface area contributed by atoms with Gasteiger partial charge in [-0.3, -0.25) is 9.59 Å². The molecule has 128 valence electrons. The second-order valence-electron chi connectivity index (χ2n) is 5.37. The molecule has 1 unspecified atom stereocenters. The zero-order valence-electron chi connectivity index (χ0n) is 13.5. The van der Waals surface area contributed by atoms with E-state index in [2.05, 4.69) is 15.3 Å². The fourth-order valence-corrected chi connectivity index (χ4v) is 3.26. The smallest absolute Gasteiger partial charge is 0.259 e. The van der Waals surface area contributed by atoms with Crippen molar-refractivity contribution in [2.24, 2.45) is 0 Å². The van der Waals surface area contributed by atoms with Crippen molar-refractivity contribution >= 4 is 34.3 Å². The van der Waals surface area contributed by atoms with E-state index in [1.165, 1.54) is 12.1 Å². The molecule has 0 aliphatic rings. The Labute approximate surface area is 147 Å². The summed E-state index contributed by atoms with van der Waals surface area (Å²) in [5, 5.41) is 2.92. The van der Waals surface area contributed by atoms with Crippen LogP contribution in [0.25, 0.3) is 10.9 Å². The number of anilines is 1. The van der Waals surface area contributed by atoms with Crippen LogP contribution in [0.1, 0.15) is 13.3 Å². The highest BCUT2D eigenvalue weighted by atomic mass is 32.2. The van der Waals surface area contributed by atoms with Crippen LogP contribution in [0.2, 0.25) is 0 Å². The largest absolute Gasteiger partial charge is 0.323 e. The summed E-state index contributed by atoms with van der Waals surface area (Å²) in [5.41, 5.74) is 0.446. The Balaban J connectivity index is 1.81. The summed E-state index contributed by atoms with van der Waals surface area (Å²) in [6.07, 6.45) is 0.501. The number of fused-ring (bicyclic) bond motifs is 1. The molecule has 0 aliphatic heterocycles. The molecule has 0 fully saturated rings. The first kappa shape index (κ1) is 17.2. The van der Waals surface area contributed by atoms with Crippen LogP contribution >= 0.6 is 11.8 Å². The standard InChI is InChI=1S/C18H16FN3O2S/c1-2-15(17(24)20-14-10-6-4-8-12(14)19)25-18-21-13-9-5-3-7-11(13)16(23)22-18/h3-10,15H,2H2,1H3,(H,20,24)(H,21,22,23). The number of nitrogens with zero attached hydrogens (tertiary/aromatic N) is 1. The van der Waals surface area contributed by atoms with Crippen LogP contribution in [0.5, 0.6) is 0 Å². The fourth-order valence-electron chi connectivity index (χ4n) is 2.35. The maximum atomic E-state index is 13.7. The van der Waals surface area contributed by atoms with E-state index in [0.29, 0.717) is 22.5 Å². The Morgan fingerprint density at radius 1 is 1.24 bits per heavy atom. The first-order chi connectivity index (χ1) is 12.1.